The quantitative estimate of drug-likeness (QED) is 0.350. The van der Waals surface area contributed by atoms with E-state index in [-0.39, 0.29) is 22.9 Å². The second-order valence-electron chi connectivity index (χ2n) is 5.72. The SMILES string of the molecule is O=C(NOC(O)C1CC1)c1ccc(F)cc1Nc1ccc(I)cc1F. The fourth-order valence-electron chi connectivity index (χ4n) is 2.20. The lowest BCUT2D eigenvalue weighted by Gasteiger charge is -2.15. The number of nitrogens with one attached hydrogen (secondary N) is 2. The van der Waals surface area contributed by atoms with Crippen LogP contribution in [0.15, 0.2) is 36.4 Å². The number of aliphatic hydroxyl groups is 1. The molecule has 0 saturated heterocycles. The molecule has 0 aromatic heterocycles. The molecular formula is C17H15F2IN2O3. The summed E-state index contributed by atoms with van der Waals surface area (Å²) < 4.78 is 28.3. The summed E-state index contributed by atoms with van der Waals surface area (Å²) in [4.78, 5) is 17.2. The molecule has 5 nitrogen and oxygen atoms in total. The molecule has 0 spiro atoms. The number of hydroxylamine groups is 1. The number of carbonyl (C=O) groups is 1. The van der Waals surface area contributed by atoms with Gasteiger partial charge in [0, 0.05) is 9.49 Å². The van der Waals surface area contributed by atoms with Crippen molar-refractivity contribution < 1.29 is 23.5 Å². The number of aliphatic hydroxyl groups excluding tert-OH is 1. The smallest absolute Gasteiger partial charge is 0.277 e. The topological polar surface area (TPSA) is 70.6 Å². The van der Waals surface area contributed by atoms with Crippen molar-refractivity contribution in [1.82, 2.24) is 5.48 Å². The van der Waals surface area contributed by atoms with Crippen molar-refractivity contribution in [2.45, 2.75) is 19.1 Å². The summed E-state index contributed by atoms with van der Waals surface area (Å²) >= 11 is 1.97. The molecule has 1 aliphatic carbocycles. The molecule has 8 heteroatoms. The fraction of sp³-hybridized carbons (Fsp3) is 0.235. The van der Waals surface area contributed by atoms with Crippen LogP contribution in [-0.4, -0.2) is 17.3 Å². The second-order valence-corrected chi connectivity index (χ2v) is 6.96. The van der Waals surface area contributed by atoms with Crippen LogP contribution in [0, 0.1) is 21.1 Å². The summed E-state index contributed by atoms with van der Waals surface area (Å²) in [7, 11) is 0. The first kappa shape index (κ1) is 18.0. The van der Waals surface area contributed by atoms with E-state index in [9.17, 15) is 18.7 Å². The van der Waals surface area contributed by atoms with Crippen LogP contribution in [0.3, 0.4) is 0 Å². The maximum absolute atomic E-state index is 14.0. The van der Waals surface area contributed by atoms with Crippen molar-refractivity contribution in [3.8, 4) is 0 Å². The molecule has 0 bridgehead atoms. The molecule has 2 aromatic rings. The van der Waals surface area contributed by atoms with Crippen LogP contribution in [0.25, 0.3) is 0 Å². The summed E-state index contributed by atoms with van der Waals surface area (Å²) in [5.41, 5.74) is 2.40. The van der Waals surface area contributed by atoms with E-state index >= 15 is 0 Å². The summed E-state index contributed by atoms with van der Waals surface area (Å²) in [5.74, 6) is -1.76. The molecule has 2 aromatic carbocycles. The molecular weight excluding hydrogens is 445 g/mol. The van der Waals surface area contributed by atoms with Crippen LogP contribution >= 0.6 is 22.6 Å². The zero-order valence-corrected chi connectivity index (χ0v) is 15.1. The molecule has 132 valence electrons. The fourth-order valence-corrected chi connectivity index (χ4v) is 2.65. The molecule has 0 aliphatic heterocycles. The van der Waals surface area contributed by atoms with Gasteiger partial charge in [-0.05, 0) is 71.8 Å². The maximum atomic E-state index is 14.0. The second kappa shape index (κ2) is 7.63. The standard InChI is InChI=1S/C17H15F2IN2O3/c18-10-3-5-12(16(23)22-25-17(24)9-1-2-9)15(7-10)21-14-6-4-11(20)8-13(14)19/h3-9,17,21,24H,1-2H2,(H,22,23). The predicted octanol–water partition coefficient (Wildman–Crippen LogP) is 3.70. The van der Waals surface area contributed by atoms with Gasteiger partial charge < -0.3 is 10.4 Å². The van der Waals surface area contributed by atoms with Crippen molar-refractivity contribution in [3.05, 3.63) is 57.2 Å². The summed E-state index contributed by atoms with van der Waals surface area (Å²) in [5, 5.41) is 12.3. The van der Waals surface area contributed by atoms with Crippen LogP contribution in [0.1, 0.15) is 23.2 Å². The first-order valence-corrected chi connectivity index (χ1v) is 8.67. The molecule has 1 saturated carbocycles. The summed E-state index contributed by atoms with van der Waals surface area (Å²) in [6, 6.07) is 7.95. The van der Waals surface area contributed by atoms with Gasteiger partial charge in [0.25, 0.3) is 5.91 Å². The van der Waals surface area contributed by atoms with Gasteiger partial charge in [0.15, 0.2) is 6.29 Å². The van der Waals surface area contributed by atoms with Crippen molar-refractivity contribution >= 4 is 39.9 Å². The Hall–Kier alpha value is -1.78. The number of halogens is 3. The lowest BCUT2D eigenvalue weighted by Crippen LogP contribution is -2.31. The van der Waals surface area contributed by atoms with Gasteiger partial charge in [0.1, 0.15) is 11.6 Å². The van der Waals surface area contributed by atoms with E-state index in [2.05, 4.69) is 10.8 Å². The molecule has 1 unspecified atom stereocenters. The monoisotopic (exact) mass is 460 g/mol. The Bertz CT molecular complexity index is 799. The highest BCUT2D eigenvalue weighted by Gasteiger charge is 2.31. The third kappa shape index (κ3) is 4.65. The van der Waals surface area contributed by atoms with E-state index in [0.717, 1.165) is 25.0 Å². The van der Waals surface area contributed by atoms with E-state index in [1.165, 1.54) is 18.2 Å². The van der Waals surface area contributed by atoms with E-state index in [4.69, 9.17) is 4.84 Å². The lowest BCUT2D eigenvalue weighted by molar-refractivity contribution is -0.145. The Morgan fingerprint density at radius 1 is 1.20 bits per heavy atom. The third-order valence-corrected chi connectivity index (χ3v) is 4.40. The third-order valence-electron chi connectivity index (χ3n) is 3.72. The van der Waals surface area contributed by atoms with Gasteiger partial charge in [0.2, 0.25) is 0 Å². The largest absolute Gasteiger partial charge is 0.366 e. The zero-order chi connectivity index (χ0) is 18.0. The number of rotatable bonds is 6. The Labute approximate surface area is 156 Å². The van der Waals surface area contributed by atoms with Gasteiger partial charge in [0.05, 0.1) is 16.9 Å². The van der Waals surface area contributed by atoms with Crippen LogP contribution in [-0.2, 0) is 4.84 Å². The molecule has 3 N–H and O–H groups in total. The van der Waals surface area contributed by atoms with Crippen molar-refractivity contribution in [2.75, 3.05) is 5.32 Å². The Balaban J connectivity index is 1.78. The molecule has 25 heavy (non-hydrogen) atoms. The first-order chi connectivity index (χ1) is 11.9. The van der Waals surface area contributed by atoms with Gasteiger partial charge in [-0.2, -0.15) is 0 Å². The van der Waals surface area contributed by atoms with Gasteiger partial charge in [-0.3, -0.25) is 4.79 Å². The van der Waals surface area contributed by atoms with Gasteiger partial charge in [-0.15, -0.1) is 0 Å². The molecule has 0 radical (unpaired) electrons. The molecule has 1 aliphatic rings. The zero-order valence-electron chi connectivity index (χ0n) is 12.9. The lowest BCUT2D eigenvalue weighted by atomic mass is 10.1. The average Bonchev–Trinajstić information content (AvgIpc) is 3.40. The Kier molecular flexibility index (Phi) is 5.50. The molecule has 0 heterocycles. The average molecular weight is 460 g/mol. The van der Waals surface area contributed by atoms with E-state index in [1.54, 1.807) is 6.07 Å². The minimum absolute atomic E-state index is 0.0204. The van der Waals surface area contributed by atoms with Gasteiger partial charge in [-0.25, -0.2) is 19.1 Å². The van der Waals surface area contributed by atoms with Crippen LogP contribution in [0.4, 0.5) is 20.2 Å². The number of hydrogen-bond acceptors (Lipinski definition) is 4. The highest BCUT2D eigenvalue weighted by molar-refractivity contribution is 14.1. The van der Waals surface area contributed by atoms with Crippen molar-refractivity contribution in [3.63, 3.8) is 0 Å². The van der Waals surface area contributed by atoms with E-state index < -0.39 is 23.8 Å². The molecule has 1 atom stereocenters. The number of benzene rings is 2. The Morgan fingerprint density at radius 3 is 2.64 bits per heavy atom. The summed E-state index contributed by atoms with van der Waals surface area (Å²) in [6.45, 7) is 0. The first-order valence-electron chi connectivity index (χ1n) is 7.59. The molecule has 1 amide bonds. The van der Waals surface area contributed by atoms with Crippen molar-refractivity contribution in [1.29, 1.82) is 0 Å². The van der Waals surface area contributed by atoms with E-state index in [0.29, 0.717) is 3.57 Å². The van der Waals surface area contributed by atoms with Crippen LogP contribution in [0.2, 0.25) is 0 Å². The Morgan fingerprint density at radius 2 is 1.96 bits per heavy atom. The van der Waals surface area contributed by atoms with Crippen molar-refractivity contribution in [2.24, 2.45) is 5.92 Å². The summed E-state index contributed by atoms with van der Waals surface area (Å²) in [6.07, 6.45) is 0.605. The van der Waals surface area contributed by atoms with E-state index in [1.807, 2.05) is 22.6 Å². The number of carbonyl (C=O) groups excluding carboxylic acids is 1. The van der Waals surface area contributed by atoms with Crippen LogP contribution < -0.4 is 10.8 Å². The van der Waals surface area contributed by atoms with Gasteiger partial charge in [-0.1, -0.05) is 0 Å². The molecule has 3 rings (SSSR count). The number of anilines is 2. The highest BCUT2D eigenvalue weighted by Crippen LogP contribution is 2.32. The van der Waals surface area contributed by atoms with Crippen LogP contribution in [0.5, 0.6) is 0 Å². The minimum atomic E-state index is -1.07. The minimum Gasteiger partial charge on any atom is -0.366 e. The number of amides is 1. The number of hydrogen-bond donors (Lipinski definition) is 3. The molecule has 1 fully saturated rings. The maximum Gasteiger partial charge on any atom is 0.277 e. The highest BCUT2D eigenvalue weighted by atomic mass is 127. The van der Waals surface area contributed by atoms with Gasteiger partial charge >= 0.3 is 0 Å². The normalized spacial score (nSPS) is 14.9. The predicted molar refractivity (Wildman–Crippen MR) is 96.1 cm³/mol.